The van der Waals surface area contributed by atoms with Gasteiger partial charge < -0.3 is 11.4 Å². The molecule has 0 heterocycles. The molecule has 0 aromatic heterocycles. The average Bonchev–Trinajstić information content (AvgIpc) is 2.71. The highest BCUT2D eigenvalue weighted by Gasteiger charge is 2.44. The minimum Gasteiger partial charge on any atom is -0.588 e. The second-order valence-corrected chi connectivity index (χ2v) is 15.5. The van der Waals surface area contributed by atoms with E-state index in [0.29, 0.717) is 6.61 Å². The normalized spacial score (nSPS) is 13.0. The van der Waals surface area contributed by atoms with Crippen LogP contribution in [-0.2, 0) is 25.4 Å². The molecular formula is C32H51AlO3. The lowest BCUT2D eigenvalue weighted by atomic mass is 9.79. The van der Waals surface area contributed by atoms with Crippen LogP contribution >= 0.6 is 0 Å². The Bertz CT molecular complexity index is 856. The van der Waals surface area contributed by atoms with E-state index in [1.54, 1.807) is 0 Å². The standard InChI is InChI=1S/2C14H22O.C4H9O.Al/c2*1-13(2,3)10-8-7-9-11(12(10)15)14(4,5)6;1-2-3-4-5;/h2*7-9,15H,1-6H3;2-4H2,1H3;/q;;-1;+3/p-2. The van der Waals surface area contributed by atoms with Crippen LogP contribution in [0, 0.1) is 0 Å². The second-order valence-electron chi connectivity index (χ2n) is 14.1. The topological polar surface area (TPSA) is 27.7 Å². The lowest BCUT2D eigenvalue weighted by Crippen LogP contribution is -2.37. The Kier molecular flexibility index (Phi) is 9.83. The third-order valence-electron chi connectivity index (χ3n) is 6.44. The van der Waals surface area contributed by atoms with Crippen molar-refractivity contribution >= 4 is 15.1 Å². The molecule has 0 aliphatic carbocycles. The summed E-state index contributed by atoms with van der Waals surface area (Å²) >= 11 is -2.62. The molecule has 0 fully saturated rings. The maximum Gasteiger partial charge on any atom is 1.10 e. The Morgan fingerprint density at radius 2 is 0.861 bits per heavy atom. The number of rotatable bonds is 8. The summed E-state index contributed by atoms with van der Waals surface area (Å²) in [4.78, 5) is 0. The van der Waals surface area contributed by atoms with E-state index in [1.165, 1.54) is 22.3 Å². The zero-order chi connectivity index (χ0) is 27.5. The van der Waals surface area contributed by atoms with E-state index in [4.69, 9.17) is 11.4 Å². The summed E-state index contributed by atoms with van der Waals surface area (Å²) in [6.45, 7) is 29.7. The molecule has 2 rings (SSSR count). The monoisotopic (exact) mass is 510 g/mol. The van der Waals surface area contributed by atoms with Crippen molar-refractivity contribution in [3.05, 3.63) is 58.7 Å². The van der Waals surface area contributed by atoms with Crippen molar-refractivity contribution in [2.24, 2.45) is 0 Å². The van der Waals surface area contributed by atoms with Crippen molar-refractivity contribution in [2.75, 3.05) is 6.61 Å². The summed E-state index contributed by atoms with van der Waals surface area (Å²) in [6.07, 6.45) is 2.05. The van der Waals surface area contributed by atoms with Crippen LogP contribution in [0.3, 0.4) is 0 Å². The smallest absolute Gasteiger partial charge is 0.588 e. The van der Waals surface area contributed by atoms with Gasteiger partial charge in [-0.2, -0.15) is 0 Å². The van der Waals surface area contributed by atoms with E-state index < -0.39 is 15.1 Å². The van der Waals surface area contributed by atoms with Gasteiger partial charge in [0.1, 0.15) is 0 Å². The van der Waals surface area contributed by atoms with Crippen LogP contribution in [0.2, 0.25) is 0 Å². The molecule has 200 valence electrons. The number of hydrogen-bond donors (Lipinski definition) is 0. The van der Waals surface area contributed by atoms with Gasteiger partial charge in [0.2, 0.25) is 0 Å². The molecule has 4 heteroatoms. The van der Waals surface area contributed by atoms with E-state index in [-0.39, 0.29) is 21.7 Å². The zero-order valence-electron chi connectivity index (χ0n) is 25.4. The summed E-state index contributed by atoms with van der Waals surface area (Å²) in [7, 11) is 0. The van der Waals surface area contributed by atoms with Crippen molar-refractivity contribution in [1.82, 2.24) is 0 Å². The van der Waals surface area contributed by atoms with Crippen LogP contribution in [0.25, 0.3) is 0 Å². The van der Waals surface area contributed by atoms with Gasteiger partial charge >= 0.3 is 15.1 Å². The number of benzene rings is 2. The molecule has 0 spiro atoms. The third-order valence-corrected chi connectivity index (χ3v) is 7.81. The highest BCUT2D eigenvalue weighted by molar-refractivity contribution is 6.38. The SMILES string of the molecule is CCCC[O][Al]([O]c1c(C(C)(C)C)cccc1C(C)(C)C)[O]c1c(C(C)(C)C)cccc1C(C)(C)C. The van der Waals surface area contributed by atoms with Crippen molar-refractivity contribution < 1.29 is 11.4 Å². The molecule has 0 aliphatic heterocycles. The van der Waals surface area contributed by atoms with Crippen LogP contribution < -0.4 is 7.58 Å². The first-order valence-corrected chi connectivity index (χ1v) is 15.0. The second kappa shape index (κ2) is 11.5. The Hall–Kier alpha value is -1.47. The first kappa shape index (κ1) is 30.8. The average molecular weight is 511 g/mol. The molecule has 0 saturated carbocycles. The maximum absolute atomic E-state index is 6.91. The molecule has 0 saturated heterocycles. The Labute approximate surface area is 227 Å². The van der Waals surface area contributed by atoms with Crippen molar-refractivity contribution in [1.29, 1.82) is 0 Å². The van der Waals surface area contributed by atoms with Crippen molar-refractivity contribution in [2.45, 2.75) is 125 Å². The molecule has 2 aromatic rings. The summed E-state index contributed by atoms with van der Waals surface area (Å²) in [6, 6.07) is 13.0. The maximum atomic E-state index is 6.91. The molecule has 0 aliphatic rings. The van der Waals surface area contributed by atoms with Gasteiger partial charge in [-0.1, -0.05) is 133 Å². The zero-order valence-corrected chi connectivity index (χ0v) is 26.5. The van der Waals surface area contributed by atoms with Crippen LogP contribution in [0.1, 0.15) is 125 Å². The first-order chi connectivity index (χ1) is 16.4. The lowest BCUT2D eigenvalue weighted by molar-refractivity contribution is 0.193. The molecule has 0 atom stereocenters. The van der Waals surface area contributed by atoms with E-state index in [1.807, 2.05) is 0 Å². The summed E-state index contributed by atoms with van der Waals surface area (Å²) in [5.74, 6) is 1.85. The molecule has 0 unspecified atom stereocenters. The fourth-order valence-corrected chi connectivity index (χ4v) is 5.73. The molecule has 0 amide bonds. The fraction of sp³-hybridized carbons (Fsp3) is 0.625. The minimum atomic E-state index is -2.62. The minimum absolute atomic E-state index is 0.0706. The Morgan fingerprint density at radius 1 is 0.556 bits per heavy atom. The molecule has 0 radical (unpaired) electrons. The highest BCUT2D eigenvalue weighted by atomic mass is 27.3. The first-order valence-electron chi connectivity index (χ1n) is 13.6. The van der Waals surface area contributed by atoms with Crippen molar-refractivity contribution in [3.63, 3.8) is 0 Å². The van der Waals surface area contributed by atoms with Gasteiger partial charge in [-0.15, -0.1) is 0 Å². The van der Waals surface area contributed by atoms with E-state index in [2.05, 4.69) is 126 Å². The van der Waals surface area contributed by atoms with Gasteiger partial charge in [0.25, 0.3) is 0 Å². The predicted octanol–water partition coefficient (Wildman–Crippen LogP) is 9.14. The van der Waals surface area contributed by atoms with E-state index >= 15 is 0 Å². The molecular weight excluding hydrogens is 459 g/mol. The Morgan fingerprint density at radius 3 is 1.11 bits per heavy atom. The van der Waals surface area contributed by atoms with E-state index in [9.17, 15) is 0 Å². The number of hydrogen-bond acceptors (Lipinski definition) is 3. The fourth-order valence-electron chi connectivity index (χ4n) is 4.30. The van der Waals surface area contributed by atoms with Crippen molar-refractivity contribution in [3.8, 4) is 11.5 Å². The molecule has 3 nitrogen and oxygen atoms in total. The van der Waals surface area contributed by atoms with Gasteiger partial charge in [0, 0.05) is 6.61 Å². The van der Waals surface area contributed by atoms with Crippen LogP contribution in [0.4, 0.5) is 0 Å². The van der Waals surface area contributed by atoms with E-state index in [0.717, 1.165) is 24.3 Å². The number of unbranched alkanes of at least 4 members (excludes halogenated alkanes) is 1. The van der Waals surface area contributed by atoms with Gasteiger partial charge in [-0.25, -0.2) is 0 Å². The molecule has 2 aromatic carbocycles. The molecule has 0 bridgehead atoms. The van der Waals surface area contributed by atoms with Crippen LogP contribution in [-0.4, -0.2) is 21.8 Å². The quantitative estimate of drug-likeness (QED) is 0.262. The number of para-hydroxylation sites is 2. The summed E-state index contributed by atoms with van der Waals surface area (Å²) < 4.78 is 20.3. The molecule has 0 N–H and O–H groups in total. The molecule has 36 heavy (non-hydrogen) atoms. The Balaban J connectivity index is 2.68. The van der Waals surface area contributed by atoms with Crippen LogP contribution in [0.5, 0.6) is 11.5 Å². The third kappa shape index (κ3) is 8.01. The summed E-state index contributed by atoms with van der Waals surface area (Å²) in [5.41, 5.74) is 4.48. The predicted molar refractivity (Wildman–Crippen MR) is 156 cm³/mol. The van der Waals surface area contributed by atoms with Crippen LogP contribution in [0.15, 0.2) is 36.4 Å². The van der Waals surface area contributed by atoms with Gasteiger partial charge in [-0.05, 0) is 50.3 Å². The largest absolute Gasteiger partial charge is 1.10 e. The summed E-state index contributed by atoms with van der Waals surface area (Å²) in [5, 5.41) is 0. The van der Waals surface area contributed by atoms with Gasteiger partial charge in [-0.3, -0.25) is 0 Å². The van der Waals surface area contributed by atoms with Gasteiger partial charge in [0.15, 0.2) is 0 Å². The highest BCUT2D eigenvalue weighted by Crippen LogP contribution is 2.42. The lowest BCUT2D eigenvalue weighted by Gasteiger charge is -2.33. The van der Waals surface area contributed by atoms with Gasteiger partial charge in [0.05, 0.1) is 11.5 Å².